The number of rotatable bonds is 4. The summed E-state index contributed by atoms with van der Waals surface area (Å²) in [5.41, 5.74) is 0.738. The lowest BCUT2D eigenvalue weighted by molar-refractivity contribution is 0.0469. The molecule has 0 bridgehead atoms. The van der Waals surface area contributed by atoms with Gasteiger partial charge in [0.05, 0.1) is 18.2 Å². The lowest BCUT2D eigenvalue weighted by Crippen LogP contribution is -2.08. The summed E-state index contributed by atoms with van der Waals surface area (Å²) < 4.78 is 23.0. The van der Waals surface area contributed by atoms with Crippen molar-refractivity contribution in [3.05, 3.63) is 71.0 Å². The number of hydrogen-bond acceptors (Lipinski definition) is 4. The largest absolute Gasteiger partial charge is 0.465 e. The van der Waals surface area contributed by atoms with Crippen molar-refractivity contribution in [2.24, 2.45) is 0 Å². The van der Waals surface area contributed by atoms with Gasteiger partial charge in [0.1, 0.15) is 12.4 Å². The van der Waals surface area contributed by atoms with Crippen molar-refractivity contribution in [3.63, 3.8) is 0 Å². The van der Waals surface area contributed by atoms with E-state index in [1.54, 1.807) is 18.2 Å². The number of carbonyl (C=O) groups is 2. The zero-order valence-corrected chi connectivity index (χ0v) is 11.3. The van der Waals surface area contributed by atoms with Gasteiger partial charge in [0, 0.05) is 5.56 Å². The van der Waals surface area contributed by atoms with E-state index in [-0.39, 0.29) is 23.3 Å². The highest BCUT2D eigenvalue weighted by Gasteiger charge is 2.12. The average Bonchev–Trinajstić information content (AvgIpc) is 2.53. The van der Waals surface area contributed by atoms with Gasteiger partial charge < -0.3 is 9.47 Å². The molecule has 0 aromatic heterocycles. The summed E-state index contributed by atoms with van der Waals surface area (Å²) >= 11 is 0. The minimum absolute atomic E-state index is 0.173. The average molecular weight is 288 g/mol. The molecule has 0 N–H and O–H groups in total. The molecule has 0 atom stereocenters. The first-order valence-electron chi connectivity index (χ1n) is 6.20. The molecule has 0 aliphatic rings. The third-order valence-corrected chi connectivity index (χ3v) is 2.84. The summed E-state index contributed by atoms with van der Waals surface area (Å²) in [5, 5.41) is 0. The summed E-state index contributed by atoms with van der Waals surface area (Å²) in [5.74, 6) is -1.61. The van der Waals surface area contributed by atoms with Crippen molar-refractivity contribution in [2.75, 3.05) is 7.11 Å². The van der Waals surface area contributed by atoms with Crippen LogP contribution in [-0.2, 0) is 16.1 Å². The van der Waals surface area contributed by atoms with Crippen LogP contribution < -0.4 is 0 Å². The summed E-state index contributed by atoms with van der Waals surface area (Å²) in [7, 11) is 1.26. The van der Waals surface area contributed by atoms with E-state index in [0.717, 1.165) is 0 Å². The van der Waals surface area contributed by atoms with Crippen LogP contribution in [0.4, 0.5) is 4.39 Å². The van der Waals surface area contributed by atoms with E-state index in [0.29, 0.717) is 0 Å². The van der Waals surface area contributed by atoms with Crippen LogP contribution in [-0.4, -0.2) is 19.0 Å². The summed E-state index contributed by atoms with van der Waals surface area (Å²) in [6, 6.07) is 12.0. The fourth-order valence-corrected chi connectivity index (χ4v) is 1.73. The molecule has 108 valence electrons. The van der Waals surface area contributed by atoms with E-state index in [2.05, 4.69) is 4.74 Å². The number of methoxy groups -OCH3 is 1. The van der Waals surface area contributed by atoms with Crippen LogP contribution in [0.25, 0.3) is 0 Å². The third kappa shape index (κ3) is 3.66. The SMILES string of the molecule is COC(=O)c1cccc(C(=O)OCc2ccccc2F)c1. The van der Waals surface area contributed by atoms with Crippen LogP contribution in [0.3, 0.4) is 0 Å². The van der Waals surface area contributed by atoms with Gasteiger partial charge in [-0.05, 0) is 24.3 Å². The van der Waals surface area contributed by atoms with Crippen molar-refractivity contribution < 1.29 is 23.5 Å². The van der Waals surface area contributed by atoms with Gasteiger partial charge in [0.25, 0.3) is 0 Å². The first kappa shape index (κ1) is 14.7. The fourth-order valence-electron chi connectivity index (χ4n) is 1.73. The van der Waals surface area contributed by atoms with Crippen LogP contribution in [0.1, 0.15) is 26.3 Å². The van der Waals surface area contributed by atoms with Crippen molar-refractivity contribution >= 4 is 11.9 Å². The minimum atomic E-state index is -0.635. The third-order valence-electron chi connectivity index (χ3n) is 2.84. The van der Waals surface area contributed by atoms with Crippen molar-refractivity contribution in [3.8, 4) is 0 Å². The maximum absolute atomic E-state index is 13.4. The molecule has 0 heterocycles. The van der Waals surface area contributed by atoms with Crippen LogP contribution in [0.2, 0.25) is 0 Å². The number of halogens is 1. The fraction of sp³-hybridized carbons (Fsp3) is 0.125. The molecule has 0 saturated carbocycles. The summed E-state index contributed by atoms with van der Waals surface area (Å²) in [4.78, 5) is 23.3. The van der Waals surface area contributed by atoms with Crippen LogP contribution in [0, 0.1) is 5.82 Å². The lowest BCUT2D eigenvalue weighted by atomic mass is 10.1. The van der Waals surface area contributed by atoms with Gasteiger partial charge in [-0.3, -0.25) is 0 Å². The molecule has 0 amide bonds. The summed E-state index contributed by atoms with van der Waals surface area (Å²) in [6.45, 7) is -0.173. The maximum Gasteiger partial charge on any atom is 0.338 e. The van der Waals surface area contributed by atoms with Gasteiger partial charge in [-0.2, -0.15) is 0 Å². The number of ether oxygens (including phenoxy) is 2. The lowest BCUT2D eigenvalue weighted by Gasteiger charge is -2.07. The van der Waals surface area contributed by atoms with Gasteiger partial charge in [-0.1, -0.05) is 24.3 Å². The number of esters is 2. The molecule has 0 aliphatic heterocycles. The van der Waals surface area contributed by atoms with Crippen LogP contribution in [0.5, 0.6) is 0 Å². The molecule has 2 aromatic carbocycles. The Kier molecular flexibility index (Phi) is 4.66. The molecular weight excluding hydrogens is 275 g/mol. The van der Waals surface area contributed by atoms with E-state index in [1.807, 2.05) is 0 Å². The van der Waals surface area contributed by atoms with Gasteiger partial charge in [-0.25, -0.2) is 14.0 Å². The molecule has 2 aromatic rings. The highest BCUT2D eigenvalue weighted by Crippen LogP contribution is 2.12. The van der Waals surface area contributed by atoms with Gasteiger partial charge >= 0.3 is 11.9 Å². The standard InChI is InChI=1S/C16H13FO4/c1-20-15(18)11-6-4-7-12(9-11)16(19)21-10-13-5-2-3-8-14(13)17/h2-9H,10H2,1H3. The van der Waals surface area contributed by atoms with Crippen LogP contribution >= 0.6 is 0 Å². The molecular formula is C16H13FO4. The van der Waals surface area contributed by atoms with Crippen molar-refractivity contribution in [2.45, 2.75) is 6.61 Å². The smallest absolute Gasteiger partial charge is 0.338 e. The summed E-state index contributed by atoms with van der Waals surface area (Å²) in [6.07, 6.45) is 0. The Morgan fingerprint density at radius 3 is 2.33 bits per heavy atom. The highest BCUT2D eigenvalue weighted by molar-refractivity contribution is 5.95. The first-order chi connectivity index (χ1) is 10.1. The second kappa shape index (κ2) is 6.65. The monoisotopic (exact) mass is 288 g/mol. The Labute approximate surface area is 121 Å². The molecule has 4 nitrogen and oxygen atoms in total. The topological polar surface area (TPSA) is 52.6 Å². The van der Waals surface area contributed by atoms with Crippen molar-refractivity contribution in [1.82, 2.24) is 0 Å². The Morgan fingerprint density at radius 1 is 1.00 bits per heavy atom. The first-order valence-corrected chi connectivity index (χ1v) is 6.20. The molecule has 0 fully saturated rings. The molecule has 0 radical (unpaired) electrons. The molecule has 5 heteroatoms. The van der Waals surface area contributed by atoms with Gasteiger partial charge in [-0.15, -0.1) is 0 Å². The Hall–Kier alpha value is -2.69. The number of hydrogen-bond donors (Lipinski definition) is 0. The molecule has 0 aliphatic carbocycles. The van der Waals surface area contributed by atoms with Crippen LogP contribution in [0.15, 0.2) is 48.5 Å². The Balaban J connectivity index is 2.07. The predicted molar refractivity (Wildman–Crippen MR) is 73.3 cm³/mol. The molecule has 0 spiro atoms. The number of benzene rings is 2. The van der Waals surface area contributed by atoms with E-state index in [4.69, 9.17) is 4.74 Å². The predicted octanol–water partition coefficient (Wildman–Crippen LogP) is 2.97. The second-order valence-corrected chi connectivity index (χ2v) is 4.24. The quantitative estimate of drug-likeness (QED) is 0.812. The Morgan fingerprint density at radius 2 is 1.67 bits per heavy atom. The van der Waals surface area contributed by atoms with Crippen molar-refractivity contribution in [1.29, 1.82) is 0 Å². The maximum atomic E-state index is 13.4. The molecule has 0 unspecified atom stereocenters. The minimum Gasteiger partial charge on any atom is -0.465 e. The Bertz CT molecular complexity index is 667. The zero-order valence-electron chi connectivity index (χ0n) is 11.3. The molecule has 21 heavy (non-hydrogen) atoms. The molecule has 2 rings (SSSR count). The van der Waals surface area contributed by atoms with E-state index >= 15 is 0 Å². The normalized spacial score (nSPS) is 10.0. The molecule has 0 saturated heterocycles. The second-order valence-electron chi connectivity index (χ2n) is 4.24. The number of carbonyl (C=O) groups excluding carboxylic acids is 2. The van der Waals surface area contributed by atoms with Gasteiger partial charge in [0.2, 0.25) is 0 Å². The zero-order chi connectivity index (χ0) is 15.2. The van der Waals surface area contributed by atoms with E-state index < -0.39 is 17.8 Å². The highest BCUT2D eigenvalue weighted by atomic mass is 19.1. The van der Waals surface area contributed by atoms with Gasteiger partial charge in [0.15, 0.2) is 0 Å². The van der Waals surface area contributed by atoms with E-state index in [1.165, 1.54) is 37.4 Å². The van der Waals surface area contributed by atoms with E-state index in [9.17, 15) is 14.0 Å².